The van der Waals surface area contributed by atoms with E-state index in [-0.39, 0.29) is 0 Å². The Labute approximate surface area is 147 Å². The molecule has 0 spiro atoms. The van der Waals surface area contributed by atoms with Gasteiger partial charge in [-0.3, -0.25) is 0 Å². The number of piperidine rings is 1. The summed E-state index contributed by atoms with van der Waals surface area (Å²) in [6.45, 7) is 2.23. The number of aromatic nitrogens is 1. The molecule has 0 amide bonds. The smallest absolute Gasteiger partial charge is 0.229 e. The lowest BCUT2D eigenvalue weighted by atomic mass is 10.1. The van der Waals surface area contributed by atoms with Crippen molar-refractivity contribution in [1.82, 2.24) is 4.98 Å². The molecular weight excluding hydrogens is 344 g/mol. The summed E-state index contributed by atoms with van der Waals surface area (Å²) in [6, 6.07) is 6.42. The standard InChI is InChI=1S/C16H16N4S3/c1-2-7-20(8-3-1)15-12(18-19-16-17-6-10-22-16)11-14(23-15)13-5-4-9-21-13/h4-6,9-11H,1-3,7-8H2. The van der Waals surface area contributed by atoms with Crippen molar-refractivity contribution in [1.29, 1.82) is 0 Å². The first-order valence-corrected chi connectivity index (χ1v) is 10.2. The van der Waals surface area contributed by atoms with Crippen LogP contribution in [0.15, 0.2) is 45.4 Å². The lowest BCUT2D eigenvalue weighted by Gasteiger charge is -2.27. The van der Waals surface area contributed by atoms with Gasteiger partial charge in [0.1, 0.15) is 10.7 Å². The fourth-order valence-electron chi connectivity index (χ4n) is 2.67. The topological polar surface area (TPSA) is 40.9 Å². The van der Waals surface area contributed by atoms with Gasteiger partial charge < -0.3 is 4.90 Å². The van der Waals surface area contributed by atoms with Crippen molar-refractivity contribution in [2.75, 3.05) is 18.0 Å². The number of rotatable bonds is 4. The highest BCUT2D eigenvalue weighted by Gasteiger charge is 2.19. The highest BCUT2D eigenvalue weighted by molar-refractivity contribution is 7.24. The van der Waals surface area contributed by atoms with Crippen LogP contribution in [0, 0.1) is 0 Å². The van der Waals surface area contributed by atoms with E-state index in [0.29, 0.717) is 5.13 Å². The monoisotopic (exact) mass is 360 g/mol. The Kier molecular flexibility index (Phi) is 4.50. The third kappa shape index (κ3) is 3.36. The minimum absolute atomic E-state index is 0.707. The van der Waals surface area contributed by atoms with Gasteiger partial charge >= 0.3 is 0 Å². The first-order chi connectivity index (χ1) is 11.4. The van der Waals surface area contributed by atoms with Gasteiger partial charge in [0, 0.05) is 34.4 Å². The molecule has 7 heteroatoms. The third-order valence-electron chi connectivity index (χ3n) is 3.76. The molecular formula is C16H16N4S3. The fourth-order valence-corrected chi connectivity index (χ4v) is 5.09. The number of anilines is 1. The van der Waals surface area contributed by atoms with E-state index < -0.39 is 0 Å². The summed E-state index contributed by atoms with van der Waals surface area (Å²) >= 11 is 5.10. The van der Waals surface area contributed by atoms with Crippen molar-refractivity contribution in [2.45, 2.75) is 19.3 Å². The van der Waals surface area contributed by atoms with E-state index in [1.54, 1.807) is 17.5 Å². The quantitative estimate of drug-likeness (QED) is 0.509. The Morgan fingerprint density at radius 2 is 1.91 bits per heavy atom. The van der Waals surface area contributed by atoms with E-state index in [9.17, 15) is 0 Å². The van der Waals surface area contributed by atoms with Gasteiger partial charge in [-0.2, -0.15) is 0 Å². The zero-order valence-corrected chi connectivity index (χ0v) is 15.0. The maximum atomic E-state index is 4.50. The van der Waals surface area contributed by atoms with Crippen molar-refractivity contribution in [2.24, 2.45) is 10.2 Å². The molecule has 0 radical (unpaired) electrons. The van der Waals surface area contributed by atoms with Crippen LogP contribution in [0.4, 0.5) is 15.8 Å². The fraction of sp³-hybridized carbons (Fsp3) is 0.312. The zero-order chi connectivity index (χ0) is 15.5. The molecule has 0 aliphatic carbocycles. The van der Waals surface area contributed by atoms with Gasteiger partial charge in [-0.05, 0) is 36.8 Å². The van der Waals surface area contributed by atoms with Gasteiger partial charge in [-0.1, -0.05) is 6.07 Å². The number of azo groups is 1. The van der Waals surface area contributed by atoms with Crippen LogP contribution >= 0.6 is 34.0 Å². The van der Waals surface area contributed by atoms with E-state index in [4.69, 9.17) is 0 Å². The number of thiophene rings is 2. The van der Waals surface area contributed by atoms with Gasteiger partial charge in [-0.25, -0.2) is 4.98 Å². The summed E-state index contributed by atoms with van der Waals surface area (Å²) in [5, 5.41) is 14.8. The maximum absolute atomic E-state index is 4.50. The predicted octanol–water partition coefficient (Wildman–Crippen LogP) is 6.34. The van der Waals surface area contributed by atoms with Crippen LogP contribution in [-0.4, -0.2) is 18.1 Å². The molecule has 0 saturated carbocycles. The van der Waals surface area contributed by atoms with E-state index in [2.05, 4.69) is 43.7 Å². The lowest BCUT2D eigenvalue weighted by molar-refractivity contribution is 0.580. The summed E-state index contributed by atoms with van der Waals surface area (Å²) < 4.78 is 0. The van der Waals surface area contributed by atoms with Gasteiger partial charge in [0.05, 0.1) is 0 Å². The summed E-state index contributed by atoms with van der Waals surface area (Å²) in [7, 11) is 0. The first kappa shape index (κ1) is 15.0. The largest absolute Gasteiger partial charge is 0.362 e. The molecule has 0 N–H and O–H groups in total. The predicted molar refractivity (Wildman–Crippen MR) is 100.0 cm³/mol. The average Bonchev–Trinajstić information content (AvgIpc) is 3.33. The van der Waals surface area contributed by atoms with Gasteiger partial charge in [-0.15, -0.1) is 44.2 Å². The third-order valence-corrected chi connectivity index (χ3v) is 6.67. The molecule has 3 aromatic rings. The Morgan fingerprint density at radius 1 is 1.00 bits per heavy atom. The Balaban J connectivity index is 1.69. The normalized spacial score (nSPS) is 15.6. The summed E-state index contributed by atoms with van der Waals surface area (Å²) in [5.74, 6) is 0. The van der Waals surface area contributed by atoms with Crippen LogP contribution < -0.4 is 4.90 Å². The van der Waals surface area contributed by atoms with Gasteiger partial charge in [0.2, 0.25) is 5.13 Å². The Hall–Kier alpha value is -1.57. The summed E-state index contributed by atoms with van der Waals surface area (Å²) in [4.78, 5) is 9.21. The number of hydrogen-bond acceptors (Lipinski definition) is 7. The molecule has 4 heterocycles. The maximum Gasteiger partial charge on any atom is 0.229 e. The van der Waals surface area contributed by atoms with Crippen molar-refractivity contribution < 1.29 is 0 Å². The molecule has 0 atom stereocenters. The second-order valence-electron chi connectivity index (χ2n) is 5.34. The SMILES string of the molecule is c1csc(-c2cc(N=Nc3nccs3)c(N3CCCCC3)s2)c1. The second-order valence-corrected chi connectivity index (χ2v) is 8.19. The average molecular weight is 361 g/mol. The van der Waals surface area contributed by atoms with E-state index in [0.717, 1.165) is 18.8 Å². The molecule has 1 fully saturated rings. The first-order valence-electron chi connectivity index (χ1n) is 7.64. The molecule has 23 heavy (non-hydrogen) atoms. The minimum Gasteiger partial charge on any atom is -0.362 e. The second kappa shape index (κ2) is 6.90. The van der Waals surface area contributed by atoms with Crippen LogP contribution in [0.5, 0.6) is 0 Å². The summed E-state index contributed by atoms with van der Waals surface area (Å²) in [5.41, 5.74) is 0.968. The Morgan fingerprint density at radius 3 is 2.65 bits per heavy atom. The van der Waals surface area contributed by atoms with E-state index in [1.807, 2.05) is 16.7 Å². The van der Waals surface area contributed by atoms with Crippen LogP contribution in [0.2, 0.25) is 0 Å². The molecule has 0 aromatic carbocycles. The van der Waals surface area contributed by atoms with Crippen LogP contribution in [-0.2, 0) is 0 Å². The van der Waals surface area contributed by atoms with Crippen molar-refractivity contribution in [3.63, 3.8) is 0 Å². The van der Waals surface area contributed by atoms with E-state index >= 15 is 0 Å². The molecule has 1 aliphatic heterocycles. The van der Waals surface area contributed by atoms with Crippen molar-refractivity contribution >= 4 is 49.8 Å². The minimum atomic E-state index is 0.707. The number of hydrogen-bond donors (Lipinski definition) is 0. The zero-order valence-electron chi connectivity index (χ0n) is 12.5. The molecule has 1 aliphatic rings. The van der Waals surface area contributed by atoms with Crippen LogP contribution in [0.25, 0.3) is 9.75 Å². The molecule has 4 nitrogen and oxygen atoms in total. The van der Waals surface area contributed by atoms with Crippen molar-refractivity contribution in [3.05, 3.63) is 35.2 Å². The summed E-state index contributed by atoms with van der Waals surface area (Å²) in [6.07, 6.45) is 5.61. The van der Waals surface area contributed by atoms with Crippen LogP contribution in [0.1, 0.15) is 19.3 Å². The molecule has 0 unspecified atom stereocenters. The van der Waals surface area contributed by atoms with Gasteiger partial charge in [0.25, 0.3) is 0 Å². The number of thiazole rings is 1. The molecule has 118 valence electrons. The van der Waals surface area contributed by atoms with E-state index in [1.165, 1.54) is 45.4 Å². The molecule has 1 saturated heterocycles. The molecule has 0 bridgehead atoms. The van der Waals surface area contributed by atoms with Crippen LogP contribution in [0.3, 0.4) is 0 Å². The molecule has 3 aromatic heterocycles. The van der Waals surface area contributed by atoms with Crippen molar-refractivity contribution in [3.8, 4) is 9.75 Å². The van der Waals surface area contributed by atoms with Gasteiger partial charge in [0.15, 0.2) is 0 Å². The lowest BCUT2D eigenvalue weighted by Crippen LogP contribution is -2.28. The highest BCUT2D eigenvalue weighted by Crippen LogP contribution is 2.45. The highest BCUT2D eigenvalue weighted by atomic mass is 32.1. The number of nitrogens with zero attached hydrogens (tertiary/aromatic N) is 4. The Bertz CT molecular complexity index is 768. The molecule has 4 rings (SSSR count).